The zero-order chi connectivity index (χ0) is 29.7. The average molecular weight is 538 g/mol. The van der Waals surface area contributed by atoms with Crippen molar-refractivity contribution in [2.45, 2.75) is 73.3 Å². The Balaban J connectivity index is -0.000000479. The topological polar surface area (TPSA) is 44.8 Å². The Bertz CT molecular complexity index is 761. The van der Waals surface area contributed by atoms with E-state index in [0.29, 0.717) is 0 Å². The lowest BCUT2D eigenvalue weighted by Crippen LogP contribution is -2.46. The normalized spacial score (nSPS) is 23.3. The number of carbonyl (C=O) groups is 1. The predicted molar refractivity (Wildman–Crippen MR) is 166 cm³/mol. The van der Waals surface area contributed by atoms with Gasteiger partial charge >= 0.3 is 0 Å². The molecule has 6 heteroatoms. The Labute approximate surface area is 236 Å². The summed E-state index contributed by atoms with van der Waals surface area (Å²) in [6.45, 7) is 21.5. The fourth-order valence-electron chi connectivity index (χ4n) is 4.85. The quantitative estimate of drug-likeness (QED) is 0.217. The van der Waals surface area contributed by atoms with Crippen LogP contribution >= 0.6 is 0 Å². The first-order valence-corrected chi connectivity index (χ1v) is 13.9. The Morgan fingerprint density at radius 3 is 2.34 bits per heavy atom. The molecule has 2 fully saturated rings. The van der Waals surface area contributed by atoms with Crippen LogP contribution in [0.15, 0.2) is 60.2 Å². The number of methoxy groups -OCH3 is 1. The molecule has 0 aromatic rings. The van der Waals surface area contributed by atoms with Gasteiger partial charge in [-0.1, -0.05) is 58.4 Å². The van der Waals surface area contributed by atoms with E-state index in [4.69, 9.17) is 9.53 Å². The second-order valence-electron chi connectivity index (χ2n) is 10.7. The van der Waals surface area contributed by atoms with Crippen LogP contribution in [0.25, 0.3) is 0 Å². The fourth-order valence-corrected chi connectivity index (χ4v) is 4.85. The molecule has 0 aromatic carbocycles. The lowest BCUT2D eigenvalue weighted by molar-refractivity contribution is -0.0980. The summed E-state index contributed by atoms with van der Waals surface area (Å²) in [5, 5.41) is 3.27. The van der Waals surface area contributed by atoms with Crippen molar-refractivity contribution in [1.82, 2.24) is 15.1 Å². The van der Waals surface area contributed by atoms with Gasteiger partial charge in [0.15, 0.2) is 0 Å². The van der Waals surface area contributed by atoms with Crippen LogP contribution in [0.5, 0.6) is 0 Å². The lowest BCUT2D eigenvalue weighted by Gasteiger charge is -2.39. The van der Waals surface area contributed by atoms with Crippen molar-refractivity contribution >= 4 is 6.79 Å². The van der Waals surface area contributed by atoms with E-state index in [-0.39, 0.29) is 12.7 Å². The molecule has 3 unspecified atom stereocenters. The zero-order valence-electron chi connectivity index (χ0n) is 26.1. The molecule has 38 heavy (non-hydrogen) atoms. The Morgan fingerprint density at radius 1 is 1.26 bits per heavy atom. The van der Waals surface area contributed by atoms with Gasteiger partial charge in [0, 0.05) is 27.2 Å². The number of rotatable bonds is 6. The molecule has 1 N–H and O–H groups in total. The van der Waals surface area contributed by atoms with Crippen LogP contribution in [-0.2, 0) is 9.53 Å². The summed E-state index contributed by atoms with van der Waals surface area (Å²) in [5.74, 6) is 2.57. The number of hydrogen-bond donors (Lipinski definition) is 1. The molecule has 3 atom stereocenters. The third-order valence-corrected chi connectivity index (χ3v) is 6.75. The van der Waals surface area contributed by atoms with Crippen molar-refractivity contribution in [3.05, 3.63) is 60.2 Å². The third-order valence-electron chi connectivity index (χ3n) is 6.75. The number of hydrogen-bond acceptors (Lipinski definition) is 5. The van der Waals surface area contributed by atoms with Gasteiger partial charge in [-0.25, -0.2) is 4.39 Å². The molecular weight excluding hydrogens is 477 g/mol. The first kappa shape index (κ1) is 38.1. The number of likely N-dealkylation sites (tertiary alicyclic amines) is 1. The smallest absolute Gasteiger partial charge is 0.118 e. The van der Waals surface area contributed by atoms with Crippen molar-refractivity contribution < 1.29 is 15.3 Å². The number of carbonyl (C=O) groups excluding carboxylic acids is 1. The van der Waals surface area contributed by atoms with Gasteiger partial charge in [-0.2, -0.15) is 0 Å². The van der Waals surface area contributed by atoms with Crippen molar-refractivity contribution in [1.29, 1.82) is 0 Å². The van der Waals surface area contributed by atoms with Gasteiger partial charge in [-0.15, -0.1) is 0 Å². The Hall–Kier alpha value is -2.02. The van der Waals surface area contributed by atoms with Crippen LogP contribution in [-0.4, -0.2) is 70.6 Å². The van der Waals surface area contributed by atoms with Gasteiger partial charge in [0.2, 0.25) is 0 Å². The van der Waals surface area contributed by atoms with Gasteiger partial charge in [0.1, 0.15) is 18.4 Å². The van der Waals surface area contributed by atoms with Crippen LogP contribution in [0, 0.1) is 17.3 Å². The van der Waals surface area contributed by atoms with E-state index in [2.05, 4.69) is 49.6 Å². The second kappa shape index (κ2) is 21.9. The van der Waals surface area contributed by atoms with Crippen molar-refractivity contribution in [2.75, 3.05) is 48.0 Å². The summed E-state index contributed by atoms with van der Waals surface area (Å²) in [4.78, 5) is 13.0. The van der Waals surface area contributed by atoms with Crippen LogP contribution in [0.2, 0.25) is 0 Å². The zero-order valence-corrected chi connectivity index (χ0v) is 26.1. The molecule has 1 aliphatic heterocycles. The van der Waals surface area contributed by atoms with Gasteiger partial charge in [-0.05, 0) is 95.8 Å². The first-order chi connectivity index (χ1) is 18.0. The van der Waals surface area contributed by atoms with E-state index in [0.717, 1.165) is 36.7 Å². The largest absolute Gasteiger partial charge is 0.497 e. The molecule has 3 aliphatic rings. The molecule has 1 heterocycles. The molecule has 5 nitrogen and oxygen atoms in total. The van der Waals surface area contributed by atoms with E-state index < -0.39 is 0 Å². The molecule has 1 saturated carbocycles. The molecular formula is C32H60FN3O2. The number of nitrogens with zero attached hydrogens (tertiary/aromatic N) is 2. The number of fused-ring (bicyclic) bond motifs is 1. The second-order valence-corrected chi connectivity index (χ2v) is 10.7. The summed E-state index contributed by atoms with van der Waals surface area (Å²) in [6.07, 6.45) is 15.7. The summed E-state index contributed by atoms with van der Waals surface area (Å²) < 4.78 is 17.2. The van der Waals surface area contributed by atoms with E-state index in [9.17, 15) is 4.39 Å². The highest BCUT2D eigenvalue weighted by Gasteiger charge is 2.40. The number of halogens is 1. The van der Waals surface area contributed by atoms with E-state index in [1.807, 2.05) is 59.8 Å². The van der Waals surface area contributed by atoms with Crippen molar-refractivity contribution in [3.63, 3.8) is 0 Å². The van der Waals surface area contributed by atoms with Crippen LogP contribution in [0.1, 0.15) is 68.7 Å². The van der Waals surface area contributed by atoms with Gasteiger partial charge < -0.3 is 19.7 Å². The third kappa shape index (κ3) is 16.1. The van der Waals surface area contributed by atoms with Crippen molar-refractivity contribution in [2.24, 2.45) is 17.3 Å². The first-order valence-electron chi connectivity index (χ1n) is 13.9. The highest BCUT2D eigenvalue weighted by atomic mass is 19.1. The van der Waals surface area contributed by atoms with Crippen molar-refractivity contribution in [3.8, 4) is 0 Å². The molecule has 3 rings (SSSR count). The van der Waals surface area contributed by atoms with Gasteiger partial charge in [-0.3, -0.25) is 4.90 Å². The SMILES string of the molecule is C=C/C(=C\C=C(C)C)OC.C=O.CC.CC1(C)C=CC(F)=CC1.CNCN(C)C1CCCC2CN(C)CC21.[HH]. The summed E-state index contributed by atoms with van der Waals surface area (Å²) >= 11 is 0. The highest BCUT2D eigenvalue weighted by molar-refractivity contribution is 5.20. The monoisotopic (exact) mass is 537 g/mol. The minimum absolute atomic E-state index is 0. The Morgan fingerprint density at radius 2 is 1.89 bits per heavy atom. The Kier molecular flexibility index (Phi) is 21.9. The maximum absolute atomic E-state index is 12.3. The van der Waals surface area contributed by atoms with E-state index in [1.54, 1.807) is 19.3 Å². The molecule has 222 valence electrons. The number of allylic oxidation sites excluding steroid dienone is 8. The lowest BCUT2D eigenvalue weighted by atomic mass is 9.77. The van der Waals surface area contributed by atoms with Crippen LogP contribution in [0.4, 0.5) is 4.39 Å². The molecule has 0 spiro atoms. The maximum Gasteiger partial charge on any atom is 0.118 e. The van der Waals surface area contributed by atoms with Gasteiger partial charge in [0.25, 0.3) is 0 Å². The predicted octanol–water partition coefficient (Wildman–Crippen LogP) is 7.41. The fraction of sp³-hybridized carbons (Fsp3) is 0.656. The van der Waals surface area contributed by atoms with Gasteiger partial charge in [0.05, 0.1) is 7.11 Å². The molecule has 2 aliphatic carbocycles. The average Bonchev–Trinajstić information content (AvgIpc) is 3.30. The molecule has 0 amide bonds. The maximum atomic E-state index is 12.3. The molecule has 0 bridgehead atoms. The minimum Gasteiger partial charge on any atom is -0.497 e. The number of ether oxygens (including phenoxy) is 1. The summed E-state index contributed by atoms with van der Waals surface area (Å²) in [6, 6.07) is 0.807. The highest BCUT2D eigenvalue weighted by Crippen LogP contribution is 2.37. The standard InChI is InChI=1S/C12H25N3.C9H14O.C8H11F.C2H6.CH2O.H2/c1-13-9-15(3)12-6-4-5-10-7-14(2)8-11(10)12;1-5-9(10-4)7-6-8(2)3;1-8(2)5-3-7(9)4-6-8;2*1-2;/h10-13H,4-9H2,1-3H3;5-7H,1H2,2-4H3;3-5H,6H2,1-2H3;1-2H3;1H2;1H/b;9-7+;;;;. The van der Waals surface area contributed by atoms with Crippen LogP contribution < -0.4 is 5.32 Å². The van der Waals surface area contributed by atoms with E-state index >= 15 is 0 Å². The summed E-state index contributed by atoms with van der Waals surface area (Å²) in [5.41, 5.74) is 1.41. The number of nitrogens with one attached hydrogen (secondary N) is 1. The molecule has 0 radical (unpaired) electrons. The molecule has 0 aromatic heterocycles. The molecule has 1 saturated heterocycles. The van der Waals surface area contributed by atoms with E-state index in [1.165, 1.54) is 44.0 Å². The minimum atomic E-state index is -0.102. The summed E-state index contributed by atoms with van der Waals surface area (Å²) in [7, 11) is 8.21. The van der Waals surface area contributed by atoms with Crippen LogP contribution in [0.3, 0.4) is 0 Å².